The molecule has 46 heavy (non-hydrogen) atoms. The van der Waals surface area contributed by atoms with Crippen LogP contribution in [-0.4, -0.2) is 113 Å². The lowest BCUT2D eigenvalue weighted by atomic mass is 9.89. The van der Waals surface area contributed by atoms with Gasteiger partial charge >= 0.3 is 5.97 Å². The molecule has 0 aromatic rings. The number of esters is 1. The molecule has 1 aliphatic rings. The molecule has 1 heterocycles. The first-order valence-electron chi connectivity index (χ1n) is 16.4. The summed E-state index contributed by atoms with van der Waals surface area (Å²) in [5, 5.41) is 94.4. The van der Waals surface area contributed by atoms with Crippen molar-refractivity contribution in [3.8, 4) is 0 Å². The number of carbonyl (C=O) groups excluding carboxylic acids is 1. The van der Waals surface area contributed by atoms with Crippen LogP contribution in [0.4, 0.5) is 0 Å². The number of aliphatic hydroxyl groups is 9. The summed E-state index contributed by atoms with van der Waals surface area (Å²) in [5.41, 5.74) is 0.371. The van der Waals surface area contributed by atoms with Gasteiger partial charge in [-0.1, -0.05) is 87.3 Å². The van der Waals surface area contributed by atoms with Gasteiger partial charge < -0.3 is 50.7 Å². The van der Waals surface area contributed by atoms with Crippen molar-refractivity contribution in [3.05, 3.63) is 60.3 Å². The van der Waals surface area contributed by atoms with E-state index in [1.54, 1.807) is 62.5 Å². The largest absolute Gasteiger partial charge is 0.459 e. The van der Waals surface area contributed by atoms with Crippen LogP contribution in [0, 0.1) is 5.92 Å². The summed E-state index contributed by atoms with van der Waals surface area (Å²) < 4.78 is 5.50. The number of hydrogen-bond acceptors (Lipinski definition) is 11. The van der Waals surface area contributed by atoms with E-state index < -0.39 is 72.9 Å². The van der Waals surface area contributed by atoms with Crippen molar-refractivity contribution < 1.29 is 55.5 Å². The zero-order valence-electron chi connectivity index (χ0n) is 27.5. The van der Waals surface area contributed by atoms with Crippen LogP contribution >= 0.6 is 0 Å². The first-order valence-corrected chi connectivity index (χ1v) is 16.4. The van der Waals surface area contributed by atoms with E-state index in [4.69, 9.17) is 4.74 Å². The van der Waals surface area contributed by atoms with Gasteiger partial charge in [-0.2, -0.15) is 0 Å². The fraction of sp³-hybridized carbons (Fsp3) is 0.686. The molecule has 11 unspecified atom stereocenters. The highest BCUT2D eigenvalue weighted by atomic mass is 16.6. The summed E-state index contributed by atoms with van der Waals surface area (Å²) in [5.74, 6) is -1.64. The third-order valence-corrected chi connectivity index (χ3v) is 8.10. The maximum atomic E-state index is 13.1. The lowest BCUT2D eigenvalue weighted by molar-refractivity contribution is -0.162. The molecule has 0 radical (unpaired) electrons. The second-order valence-electron chi connectivity index (χ2n) is 12.4. The molecule has 1 aliphatic heterocycles. The van der Waals surface area contributed by atoms with E-state index in [9.17, 15) is 50.8 Å². The predicted molar refractivity (Wildman–Crippen MR) is 175 cm³/mol. The van der Waals surface area contributed by atoms with Gasteiger partial charge in [0.25, 0.3) is 0 Å². The van der Waals surface area contributed by atoms with E-state index in [0.29, 0.717) is 18.4 Å². The van der Waals surface area contributed by atoms with E-state index in [0.717, 1.165) is 19.3 Å². The van der Waals surface area contributed by atoms with Gasteiger partial charge in [-0.05, 0) is 45.1 Å². The molecule has 264 valence electrons. The molecule has 9 N–H and O–H groups in total. The number of cyclic esters (lactones) is 1. The highest BCUT2D eigenvalue weighted by Crippen LogP contribution is 2.23. The highest BCUT2D eigenvalue weighted by molar-refractivity contribution is 5.73. The van der Waals surface area contributed by atoms with Crippen LogP contribution in [0.1, 0.15) is 85.0 Å². The average molecular weight is 655 g/mol. The molecule has 0 aromatic heterocycles. The van der Waals surface area contributed by atoms with Crippen molar-refractivity contribution in [2.45, 2.75) is 146 Å². The summed E-state index contributed by atoms with van der Waals surface area (Å²) in [6.45, 7) is 5.17. The number of carbonyl (C=O) groups is 1. The highest BCUT2D eigenvalue weighted by Gasteiger charge is 2.33. The van der Waals surface area contributed by atoms with Crippen molar-refractivity contribution in [2.75, 3.05) is 0 Å². The minimum atomic E-state index is -1.59. The number of rotatable bonds is 5. The molecule has 0 amide bonds. The Labute approximate surface area is 273 Å². The summed E-state index contributed by atoms with van der Waals surface area (Å²) in [7, 11) is 0. The molecule has 0 bridgehead atoms. The van der Waals surface area contributed by atoms with E-state index in [2.05, 4.69) is 6.92 Å². The van der Waals surface area contributed by atoms with Gasteiger partial charge in [0, 0.05) is 12.8 Å². The Morgan fingerprint density at radius 3 is 1.74 bits per heavy atom. The van der Waals surface area contributed by atoms with Gasteiger partial charge in [-0.15, -0.1) is 0 Å². The van der Waals surface area contributed by atoms with Gasteiger partial charge in [0.1, 0.15) is 24.4 Å². The van der Waals surface area contributed by atoms with E-state index >= 15 is 0 Å². The summed E-state index contributed by atoms with van der Waals surface area (Å²) in [4.78, 5) is 13.1. The normalized spacial score (nSPS) is 35.6. The first-order chi connectivity index (χ1) is 21.8. The molecule has 0 saturated heterocycles. The maximum Gasteiger partial charge on any atom is 0.311 e. The number of hydrogen-bond donors (Lipinski definition) is 9. The predicted octanol–water partition coefficient (Wildman–Crippen LogP) is 1.89. The summed E-state index contributed by atoms with van der Waals surface area (Å²) in [6.07, 6.45) is 4.64. The van der Waals surface area contributed by atoms with Gasteiger partial charge in [-0.25, -0.2) is 0 Å². The van der Waals surface area contributed by atoms with Gasteiger partial charge in [0.15, 0.2) is 0 Å². The number of allylic oxidation sites excluding steroid dienone is 8. The van der Waals surface area contributed by atoms with Crippen LogP contribution in [-0.2, 0) is 9.53 Å². The minimum absolute atomic E-state index is 0.210. The molecule has 11 heteroatoms. The fourth-order valence-electron chi connectivity index (χ4n) is 5.23. The molecule has 0 fully saturated rings. The number of aliphatic hydroxyl groups excluding tert-OH is 9. The van der Waals surface area contributed by atoms with Crippen molar-refractivity contribution in [1.82, 2.24) is 0 Å². The lowest BCUT2D eigenvalue weighted by Crippen LogP contribution is -2.40. The fourth-order valence-corrected chi connectivity index (χ4v) is 5.23. The monoisotopic (exact) mass is 654 g/mol. The molecule has 0 aliphatic carbocycles. The Morgan fingerprint density at radius 2 is 1.17 bits per heavy atom. The Kier molecular flexibility index (Phi) is 21.1. The number of unbranched alkanes of at least 4 members (excludes halogenated alkanes) is 3. The zero-order valence-corrected chi connectivity index (χ0v) is 27.5. The van der Waals surface area contributed by atoms with E-state index in [1.165, 1.54) is 6.08 Å². The first kappa shape index (κ1) is 41.8. The molecule has 11 atom stereocenters. The SMILES string of the molecule is CCCCCCC1C(=O)OC(C)C(O)C=CC=CC=CC=CC=C(C)C(O)C(O)C(O)CC(O)CC(O)CC(O)CC(O)CC1O. The molecule has 0 aromatic carbocycles. The van der Waals surface area contributed by atoms with Crippen molar-refractivity contribution >= 4 is 5.97 Å². The Morgan fingerprint density at radius 1 is 0.674 bits per heavy atom. The van der Waals surface area contributed by atoms with E-state index in [-0.39, 0.29) is 32.1 Å². The Bertz CT molecular complexity index is 991. The maximum absolute atomic E-state index is 13.1. The molecule has 0 saturated carbocycles. The second kappa shape index (κ2) is 23.2. The van der Waals surface area contributed by atoms with Crippen LogP contribution < -0.4 is 0 Å². The van der Waals surface area contributed by atoms with Crippen molar-refractivity contribution in [2.24, 2.45) is 5.92 Å². The zero-order chi connectivity index (χ0) is 34.6. The third-order valence-electron chi connectivity index (χ3n) is 8.10. The molecule has 1 rings (SSSR count). The smallest absolute Gasteiger partial charge is 0.311 e. The van der Waals surface area contributed by atoms with Gasteiger partial charge in [0.05, 0.1) is 42.5 Å². The van der Waals surface area contributed by atoms with Crippen LogP contribution in [0.5, 0.6) is 0 Å². The molecular weight excluding hydrogens is 596 g/mol. The number of ether oxygens (including phenoxy) is 1. The Hall–Kier alpha value is -2.19. The molecule has 0 spiro atoms. The third kappa shape index (κ3) is 17.1. The summed E-state index contributed by atoms with van der Waals surface area (Å²) in [6, 6.07) is 0. The standard InChI is InChI=1S/C35H58O11/c1-4-5-6-13-16-29-31(41)21-27(38)19-25(36)18-26(37)20-28(39)22-32(42)34(44)33(43)23(2)15-12-10-8-7-9-11-14-17-30(40)24(3)46-35(29)45/h7-12,14-15,17,24-34,36-44H,4-6,13,16,18-22H2,1-3H3. The van der Waals surface area contributed by atoms with Crippen LogP contribution in [0.15, 0.2) is 60.3 Å². The summed E-state index contributed by atoms with van der Waals surface area (Å²) >= 11 is 0. The van der Waals surface area contributed by atoms with Gasteiger partial charge in [-0.3, -0.25) is 4.79 Å². The van der Waals surface area contributed by atoms with Crippen LogP contribution in [0.2, 0.25) is 0 Å². The minimum Gasteiger partial charge on any atom is -0.459 e. The molecular formula is C35H58O11. The van der Waals surface area contributed by atoms with Crippen molar-refractivity contribution in [3.63, 3.8) is 0 Å². The van der Waals surface area contributed by atoms with Crippen LogP contribution in [0.25, 0.3) is 0 Å². The van der Waals surface area contributed by atoms with Crippen LogP contribution in [0.3, 0.4) is 0 Å². The van der Waals surface area contributed by atoms with E-state index in [1.807, 2.05) is 0 Å². The quantitative estimate of drug-likeness (QED) is 0.154. The topological polar surface area (TPSA) is 208 Å². The Balaban J connectivity index is 3.13. The van der Waals surface area contributed by atoms with Crippen molar-refractivity contribution in [1.29, 1.82) is 0 Å². The van der Waals surface area contributed by atoms with Gasteiger partial charge in [0.2, 0.25) is 0 Å². The average Bonchev–Trinajstić information content (AvgIpc) is 2.97. The lowest BCUT2D eigenvalue weighted by Gasteiger charge is -2.27. The molecule has 11 nitrogen and oxygen atoms in total. The second-order valence-corrected chi connectivity index (χ2v) is 12.4.